The summed E-state index contributed by atoms with van der Waals surface area (Å²) in [5.74, 6) is 0.378. The number of nitrogens with zero attached hydrogens (tertiary/aromatic N) is 1. The Balaban J connectivity index is 2.19. The van der Waals surface area contributed by atoms with Gasteiger partial charge in [-0.25, -0.2) is 0 Å². The highest BCUT2D eigenvalue weighted by molar-refractivity contribution is 6.21. The van der Waals surface area contributed by atoms with Crippen LogP contribution in [0, 0.1) is 12.8 Å². The number of carbonyl (C=O) groups is 1. The summed E-state index contributed by atoms with van der Waals surface area (Å²) in [4.78, 5) is 14.1. The van der Waals surface area contributed by atoms with Gasteiger partial charge in [-0.05, 0) is 30.9 Å². The van der Waals surface area contributed by atoms with Crippen molar-refractivity contribution >= 4 is 17.5 Å². The minimum absolute atomic E-state index is 0.00495. The molecule has 1 heterocycles. The first-order chi connectivity index (χ1) is 8.50. The number of alkyl halides is 1. The third-order valence-electron chi connectivity index (χ3n) is 3.62. The summed E-state index contributed by atoms with van der Waals surface area (Å²) in [6, 6.07) is 5.23. The Kier molecular flexibility index (Phi) is 3.81. The topological polar surface area (TPSA) is 40.5 Å². The molecule has 2 unspecified atom stereocenters. The molecular weight excluding hydrogens is 250 g/mol. The van der Waals surface area contributed by atoms with Crippen LogP contribution in [0.2, 0.25) is 0 Å². The van der Waals surface area contributed by atoms with Gasteiger partial charge in [-0.15, -0.1) is 11.6 Å². The third kappa shape index (κ3) is 2.46. The average Bonchev–Trinajstić information content (AvgIpc) is 2.35. The molecule has 0 spiro atoms. The quantitative estimate of drug-likeness (QED) is 0.795. The maximum atomic E-state index is 12.3. The number of rotatable bonds is 1. The highest BCUT2D eigenvalue weighted by Crippen LogP contribution is 2.27. The first-order valence-corrected chi connectivity index (χ1v) is 6.66. The molecule has 98 valence electrons. The molecule has 18 heavy (non-hydrogen) atoms. The number of amides is 1. The fourth-order valence-electron chi connectivity index (χ4n) is 2.21. The van der Waals surface area contributed by atoms with E-state index < -0.39 is 0 Å². The maximum Gasteiger partial charge on any atom is 0.257 e. The summed E-state index contributed by atoms with van der Waals surface area (Å²) >= 11 is 6.21. The smallest absolute Gasteiger partial charge is 0.257 e. The van der Waals surface area contributed by atoms with Gasteiger partial charge in [0.2, 0.25) is 0 Å². The highest BCUT2D eigenvalue weighted by atomic mass is 35.5. The van der Waals surface area contributed by atoms with Crippen LogP contribution in [0.5, 0.6) is 5.75 Å². The molecule has 1 N–H and O–H groups in total. The summed E-state index contributed by atoms with van der Waals surface area (Å²) in [7, 11) is 0. The van der Waals surface area contributed by atoms with Gasteiger partial charge in [-0.2, -0.15) is 0 Å². The van der Waals surface area contributed by atoms with E-state index in [0.717, 1.165) is 6.42 Å². The molecule has 1 amide bonds. The van der Waals surface area contributed by atoms with E-state index in [1.807, 2.05) is 0 Å². The Labute approximate surface area is 112 Å². The van der Waals surface area contributed by atoms with Crippen LogP contribution in [0.25, 0.3) is 0 Å². The van der Waals surface area contributed by atoms with Crippen molar-refractivity contribution in [2.75, 3.05) is 13.1 Å². The Morgan fingerprint density at radius 1 is 1.50 bits per heavy atom. The number of carbonyl (C=O) groups excluding carboxylic acids is 1. The predicted molar refractivity (Wildman–Crippen MR) is 72.2 cm³/mol. The van der Waals surface area contributed by atoms with Gasteiger partial charge in [-0.1, -0.05) is 19.1 Å². The van der Waals surface area contributed by atoms with E-state index in [0.29, 0.717) is 30.1 Å². The molecule has 0 aliphatic carbocycles. The molecule has 2 atom stereocenters. The number of halogens is 1. The van der Waals surface area contributed by atoms with Crippen molar-refractivity contribution in [1.29, 1.82) is 0 Å². The van der Waals surface area contributed by atoms with Crippen LogP contribution < -0.4 is 0 Å². The van der Waals surface area contributed by atoms with E-state index in [-0.39, 0.29) is 17.0 Å². The van der Waals surface area contributed by atoms with Crippen LogP contribution in [0.15, 0.2) is 18.2 Å². The Bertz CT molecular complexity index is 461. The van der Waals surface area contributed by atoms with E-state index in [4.69, 9.17) is 11.6 Å². The molecular formula is C14H18ClNO2. The van der Waals surface area contributed by atoms with Crippen LogP contribution in [0.3, 0.4) is 0 Å². The van der Waals surface area contributed by atoms with Crippen molar-refractivity contribution in [3.63, 3.8) is 0 Å². The van der Waals surface area contributed by atoms with E-state index in [2.05, 4.69) is 6.92 Å². The van der Waals surface area contributed by atoms with E-state index in [9.17, 15) is 9.90 Å². The lowest BCUT2D eigenvalue weighted by Gasteiger charge is -2.34. The minimum atomic E-state index is -0.131. The van der Waals surface area contributed by atoms with Crippen molar-refractivity contribution < 1.29 is 9.90 Å². The Morgan fingerprint density at radius 3 is 2.89 bits per heavy atom. The van der Waals surface area contributed by atoms with E-state index >= 15 is 0 Å². The van der Waals surface area contributed by atoms with Crippen LogP contribution in [-0.2, 0) is 0 Å². The molecule has 1 saturated heterocycles. The monoisotopic (exact) mass is 267 g/mol. The second kappa shape index (κ2) is 5.19. The van der Waals surface area contributed by atoms with Crippen molar-refractivity contribution in [1.82, 2.24) is 4.90 Å². The molecule has 4 heteroatoms. The Morgan fingerprint density at radius 2 is 2.22 bits per heavy atom. The number of phenols is 1. The summed E-state index contributed by atoms with van der Waals surface area (Å²) in [6.45, 7) is 5.14. The van der Waals surface area contributed by atoms with Crippen molar-refractivity contribution in [3.05, 3.63) is 29.3 Å². The van der Waals surface area contributed by atoms with Gasteiger partial charge in [0.1, 0.15) is 5.75 Å². The zero-order chi connectivity index (χ0) is 13.3. The van der Waals surface area contributed by atoms with Gasteiger partial charge >= 0.3 is 0 Å². The molecule has 2 rings (SSSR count). The van der Waals surface area contributed by atoms with Crippen LogP contribution in [-0.4, -0.2) is 34.4 Å². The van der Waals surface area contributed by atoms with Gasteiger partial charge in [0.25, 0.3) is 5.91 Å². The SMILES string of the molecule is Cc1cccc(C(=O)N2CCC(C)C(Cl)C2)c1O. The first kappa shape index (κ1) is 13.2. The molecule has 3 nitrogen and oxygen atoms in total. The zero-order valence-corrected chi connectivity index (χ0v) is 11.4. The lowest BCUT2D eigenvalue weighted by Crippen LogP contribution is -2.43. The van der Waals surface area contributed by atoms with Crippen molar-refractivity contribution in [3.8, 4) is 5.75 Å². The molecule has 1 aromatic rings. The summed E-state index contributed by atoms with van der Waals surface area (Å²) in [5, 5.41) is 9.93. The normalized spacial score (nSPS) is 24.1. The number of benzene rings is 1. The number of phenolic OH excluding ortho intramolecular Hbond substituents is 1. The van der Waals surface area contributed by atoms with E-state index in [1.165, 1.54) is 0 Å². The molecule has 1 fully saturated rings. The van der Waals surface area contributed by atoms with Gasteiger partial charge in [-0.3, -0.25) is 4.79 Å². The fraction of sp³-hybridized carbons (Fsp3) is 0.500. The van der Waals surface area contributed by atoms with Gasteiger partial charge in [0.15, 0.2) is 0 Å². The minimum Gasteiger partial charge on any atom is -0.507 e. The lowest BCUT2D eigenvalue weighted by atomic mass is 9.97. The standard InChI is InChI=1S/C14H18ClNO2/c1-9-6-7-16(8-12(9)15)14(18)11-5-3-4-10(2)13(11)17/h3-5,9,12,17H,6-8H2,1-2H3. The summed E-state index contributed by atoms with van der Waals surface area (Å²) in [5.41, 5.74) is 1.09. The third-order valence-corrected chi connectivity index (χ3v) is 4.19. The molecule has 0 radical (unpaired) electrons. The lowest BCUT2D eigenvalue weighted by molar-refractivity contribution is 0.0698. The molecule has 0 saturated carbocycles. The molecule has 0 bridgehead atoms. The second-order valence-corrected chi connectivity index (χ2v) is 5.56. The Hall–Kier alpha value is -1.22. The van der Waals surface area contributed by atoms with Crippen LogP contribution >= 0.6 is 11.6 Å². The fourth-order valence-corrected chi connectivity index (χ4v) is 2.50. The molecule has 1 aliphatic heterocycles. The van der Waals surface area contributed by atoms with E-state index in [1.54, 1.807) is 30.0 Å². The van der Waals surface area contributed by atoms with Crippen molar-refractivity contribution in [2.45, 2.75) is 25.6 Å². The number of aryl methyl sites for hydroxylation is 1. The number of hydrogen-bond donors (Lipinski definition) is 1. The molecule has 1 aromatic carbocycles. The summed E-state index contributed by atoms with van der Waals surface area (Å²) < 4.78 is 0. The maximum absolute atomic E-state index is 12.3. The first-order valence-electron chi connectivity index (χ1n) is 6.22. The number of likely N-dealkylation sites (tertiary alicyclic amines) is 1. The predicted octanol–water partition coefficient (Wildman–Crippen LogP) is 2.79. The average molecular weight is 268 g/mol. The van der Waals surface area contributed by atoms with Crippen LogP contribution in [0.4, 0.5) is 0 Å². The number of aromatic hydroxyl groups is 1. The van der Waals surface area contributed by atoms with Gasteiger partial charge in [0, 0.05) is 13.1 Å². The van der Waals surface area contributed by atoms with Gasteiger partial charge < -0.3 is 10.0 Å². The largest absolute Gasteiger partial charge is 0.507 e. The number of para-hydroxylation sites is 1. The van der Waals surface area contributed by atoms with Crippen molar-refractivity contribution in [2.24, 2.45) is 5.92 Å². The highest BCUT2D eigenvalue weighted by Gasteiger charge is 2.29. The zero-order valence-electron chi connectivity index (χ0n) is 10.7. The van der Waals surface area contributed by atoms with Crippen LogP contribution in [0.1, 0.15) is 29.3 Å². The molecule has 0 aromatic heterocycles. The second-order valence-electron chi connectivity index (χ2n) is 5.00. The van der Waals surface area contributed by atoms with Gasteiger partial charge in [0.05, 0.1) is 10.9 Å². The molecule has 1 aliphatic rings. The summed E-state index contributed by atoms with van der Waals surface area (Å²) in [6.07, 6.45) is 0.909. The number of piperidine rings is 1. The number of hydrogen-bond acceptors (Lipinski definition) is 2.